The van der Waals surface area contributed by atoms with Crippen molar-refractivity contribution in [2.75, 3.05) is 0 Å². The maximum Gasteiger partial charge on any atom is -0.0109 e. The Kier molecular flexibility index (Phi) is 4.32. The van der Waals surface area contributed by atoms with Gasteiger partial charge in [-0.2, -0.15) is 0 Å². The van der Waals surface area contributed by atoms with Gasteiger partial charge >= 0.3 is 0 Å². The van der Waals surface area contributed by atoms with Gasteiger partial charge in [0.05, 0.1) is 0 Å². The van der Waals surface area contributed by atoms with E-state index in [-0.39, 0.29) is 0 Å². The van der Waals surface area contributed by atoms with Gasteiger partial charge in [0.25, 0.3) is 0 Å². The fraction of sp³-hybridized carbons (Fsp3) is 0.400. The highest BCUT2D eigenvalue weighted by Gasteiger charge is 2.17. The summed E-state index contributed by atoms with van der Waals surface area (Å²) < 4.78 is 0. The van der Waals surface area contributed by atoms with Gasteiger partial charge in [-0.3, -0.25) is 0 Å². The van der Waals surface area contributed by atoms with Gasteiger partial charge in [-0.1, -0.05) is 64.1 Å². The summed E-state index contributed by atoms with van der Waals surface area (Å²) in [6.45, 7) is 13.6. The lowest BCUT2D eigenvalue weighted by Gasteiger charge is -2.22. The molecule has 0 unspecified atom stereocenters. The number of benzene rings is 2. The quantitative estimate of drug-likeness (QED) is 0.619. The highest BCUT2D eigenvalue weighted by molar-refractivity contribution is 5.77. The van der Waals surface area contributed by atoms with Crippen LogP contribution in [0.25, 0.3) is 11.1 Å². The van der Waals surface area contributed by atoms with Crippen LogP contribution in [0.1, 0.15) is 61.8 Å². The predicted molar refractivity (Wildman–Crippen MR) is 89.5 cm³/mol. The zero-order valence-electron chi connectivity index (χ0n) is 13.6. The molecule has 0 radical (unpaired) electrons. The minimum absolute atomic E-state index is 0.544. The second-order valence-electron chi connectivity index (χ2n) is 6.39. The number of aryl methyl sites for hydroxylation is 2. The summed E-state index contributed by atoms with van der Waals surface area (Å²) in [5, 5.41) is 0. The van der Waals surface area contributed by atoms with Crippen LogP contribution >= 0.6 is 0 Å². The molecular weight excluding hydrogens is 240 g/mol. The van der Waals surface area contributed by atoms with Gasteiger partial charge < -0.3 is 0 Å². The lowest BCUT2D eigenvalue weighted by Crippen LogP contribution is -2.02. The molecular formula is C20H26. The van der Waals surface area contributed by atoms with Crippen molar-refractivity contribution in [3.05, 3.63) is 58.7 Å². The van der Waals surface area contributed by atoms with E-state index in [1.807, 2.05) is 0 Å². The standard InChI is InChI=1S/C20H26/c1-13(2)17-11-8-12-18(14(3)4)20(17)19-15(5)9-7-10-16(19)6/h7-14H,1-6H3. The van der Waals surface area contributed by atoms with Gasteiger partial charge in [0, 0.05) is 0 Å². The van der Waals surface area contributed by atoms with E-state index in [9.17, 15) is 0 Å². The molecule has 0 amide bonds. The van der Waals surface area contributed by atoms with Crippen LogP contribution < -0.4 is 0 Å². The first-order valence-corrected chi connectivity index (χ1v) is 7.62. The van der Waals surface area contributed by atoms with Crippen molar-refractivity contribution in [1.82, 2.24) is 0 Å². The van der Waals surface area contributed by atoms with Crippen LogP contribution in [0.4, 0.5) is 0 Å². The first kappa shape index (κ1) is 14.8. The lowest BCUT2D eigenvalue weighted by atomic mass is 9.82. The Morgan fingerprint density at radius 1 is 0.600 bits per heavy atom. The first-order valence-electron chi connectivity index (χ1n) is 7.62. The van der Waals surface area contributed by atoms with E-state index in [1.165, 1.54) is 33.4 Å². The Balaban J connectivity index is 2.83. The smallest absolute Gasteiger partial charge is 0.0109 e. The molecule has 0 spiro atoms. The topological polar surface area (TPSA) is 0 Å². The maximum absolute atomic E-state index is 2.29. The van der Waals surface area contributed by atoms with Crippen molar-refractivity contribution in [1.29, 1.82) is 0 Å². The van der Waals surface area contributed by atoms with Crippen LogP contribution in [0.15, 0.2) is 36.4 Å². The van der Waals surface area contributed by atoms with E-state index in [4.69, 9.17) is 0 Å². The molecule has 0 heteroatoms. The zero-order valence-corrected chi connectivity index (χ0v) is 13.6. The van der Waals surface area contributed by atoms with Crippen LogP contribution in [0.5, 0.6) is 0 Å². The summed E-state index contributed by atoms with van der Waals surface area (Å²) in [5.41, 5.74) is 8.58. The predicted octanol–water partition coefficient (Wildman–Crippen LogP) is 6.22. The van der Waals surface area contributed by atoms with E-state index in [1.54, 1.807) is 0 Å². The van der Waals surface area contributed by atoms with Crippen LogP contribution in [-0.4, -0.2) is 0 Å². The third-order valence-corrected chi connectivity index (χ3v) is 4.10. The van der Waals surface area contributed by atoms with Crippen LogP contribution in [0.3, 0.4) is 0 Å². The fourth-order valence-electron chi connectivity index (χ4n) is 3.05. The second kappa shape index (κ2) is 5.83. The summed E-state index contributed by atoms with van der Waals surface area (Å²) in [4.78, 5) is 0. The molecule has 0 atom stereocenters. The number of hydrogen-bond donors (Lipinski definition) is 0. The number of rotatable bonds is 3. The Hall–Kier alpha value is -1.56. The normalized spacial score (nSPS) is 11.4. The van der Waals surface area contributed by atoms with Gasteiger partial charge in [0.15, 0.2) is 0 Å². The molecule has 2 aromatic rings. The summed E-state index contributed by atoms with van der Waals surface area (Å²) >= 11 is 0. The van der Waals surface area contributed by atoms with E-state index < -0.39 is 0 Å². The van der Waals surface area contributed by atoms with Crippen molar-refractivity contribution in [2.45, 2.75) is 53.4 Å². The highest BCUT2D eigenvalue weighted by atomic mass is 14.2. The maximum atomic E-state index is 2.29. The Bertz CT molecular complexity index is 557. The van der Waals surface area contributed by atoms with Crippen LogP contribution in [-0.2, 0) is 0 Å². The highest BCUT2D eigenvalue weighted by Crippen LogP contribution is 2.39. The molecule has 2 rings (SSSR count). The van der Waals surface area contributed by atoms with Crippen molar-refractivity contribution < 1.29 is 0 Å². The van der Waals surface area contributed by atoms with E-state index in [2.05, 4.69) is 77.9 Å². The monoisotopic (exact) mass is 266 g/mol. The lowest BCUT2D eigenvalue weighted by molar-refractivity contribution is 0.837. The molecule has 0 fully saturated rings. The number of hydrogen-bond acceptors (Lipinski definition) is 0. The summed E-state index contributed by atoms with van der Waals surface area (Å²) in [6, 6.07) is 13.4. The average molecular weight is 266 g/mol. The van der Waals surface area contributed by atoms with Crippen LogP contribution in [0, 0.1) is 13.8 Å². The average Bonchev–Trinajstić information content (AvgIpc) is 2.38. The second-order valence-corrected chi connectivity index (χ2v) is 6.39. The van der Waals surface area contributed by atoms with Crippen molar-refractivity contribution in [3.63, 3.8) is 0 Å². The molecule has 0 nitrogen and oxygen atoms in total. The third-order valence-electron chi connectivity index (χ3n) is 4.10. The molecule has 0 heterocycles. The van der Waals surface area contributed by atoms with Gasteiger partial charge in [0.2, 0.25) is 0 Å². The van der Waals surface area contributed by atoms with Crippen LogP contribution in [0.2, 0.25) is 0 Å². The molecule has 0 aliphatic carbocycles. The summed E-state index contributed by atoms with van der Waals surface area (Å²) in [5.74, 6) is 1.09. The molecule has 0 aliphatic heterocycles. The van der Waals surface area contributed by atoms with Gasteiger partial charge in [-0.15, -0.1) is 0 Å². The van der Waals surface area contributed by atoms with Crippen molar-refractivity contribution >= 4 is 0 Å². The minimum Gasteiger partial charge on any atom is -0.0617 e. The van der Waals surface area contributed by atoms with Gasteiger partial charge in [0.1, 0.15) is 0 Å². The van der Waals surface area contributed by atoms with E-state index in [0.717, 1.165) is 0 Å². The molecule has 0 saturated carbocycles. The zero-order chi connectivity index (χ0) is 14.9. The van der Waals surface area contributed by atoms with Crippen molar-refractivity contribution in [3.8, 4) is 11.1 Å². The summed E-state index contributed by atoms with van der Waals surface area (Å²) in [6.07, 6.45) is 0. The fourth-order valence-corrected chi connectivity index (χ4v) is 3.05. The molecule has 106 valence electrons. The molecule has 0 bridgehead atoms. The Morgan fingerprint density at radius 3 is 1.40 bits per heavy atom. The van der Waals surface area contributed by atoms with E-state index in [0.29, 0.717) is 11.8 Å². The van der Waals surface area contributed by atoms with Crippen molar-refractivity contribution in [2.24, 2.45) is 0 Å². The van der Waals surface area contributed by atoms with Gasteiger partial charge in [-0.25, -0.2) is 0 Å². The third kappa shape index (κ3) is 2.65. The summed E-state index contributed by atoms with van der Waals surface area (Å²) in [7, 11) is 0. The first-order chi connectivity index (χ1) is 9.43. The molecule has 0 aliphatic rings. The SMILES string of the molecule is Cc1cccc(C)c1-c1c(C(C)C)cccc1C(C)C. The van der Waals surface area contributed by atoms with Gasteiger partial charge in [-0.05, 0) is 59.1 Å². The van der Waals surface area contributed by atoms with E-state index >= 15 is 0 Å². The Morgan fingerprint density at radius 2 is 1.00 bits per heavy atom. The largest absolute Gasteiger partial charge is 0.0617 e. The molecule has 20 heavy (non-hydrogen) atoms. The molecule has 2 aromatic carbocycles. The Labute approximate surface area is 123 Å². The minimum atomic E-state index is 0.544. The molecule has 0 saturated heterocycles. The molecule has 0 aromatic heterocycles. The molecule has 0 N–H and O–H groups in total.